The molecule has 0 aliphatic carbocycles. The van der Waals surface area contributed by atoms with Crippen molar-refractivity contribution in [2.75, 3.05) is 7.11 Å². The van der Waals surface area contributed by atoms with Crippen LogP contribution >= 0.6 is 20.2 Å². The van der Waals surface area contributed by atoms with Gasteiger partial charge >= 0.3 is 177 Å². The summed E-state index contributed by atoms with van der Waals surface area (Å²) in [6, 6.07) is 19.2. The van der Waals surface area contributed by atoms with Crippen molar-refractivity contribution in [1.29, 1.82) is 0 Å². The van der Waals surface area contributed by atoms with Crippen molar-refractivity contribution in [3.63, 3.8) is 0 Å². The van der Waals surface area contributed by atoms with Gasteiger partial charge in [-0.2, -0.15) is 0 Å². The molecule has 0 bridgehead atoms. The van der Waals surface area contributed by atoms with E-state index >= 15 is 0 Å². The molecule has 0 spiro atoms. The molecule has 0 saturated carbocycles. The summed E-state index contributed by atoms with van der Waals surface area (Å²) in [4.78, 5) is 10.7. The number of aryl methyl sites for hydroxylation is 1. The van der Waals surface area contributed by atoms with E-state index in [-0.39, 0.29) is 10.6 Å². The summed E-state index contributed by atoms with van der Waals surface area (Å²) in [5, 5.41) is 11.2. The third kappa shape index (κ3) is 5.11. The topological polar surface area (TPSA) is 95.7 Å². The van der Waals surface area contributed by atoms with E-state index in [1.807, 2.05) is 6.92 Å². The Morgan fingerprint density at radius 1 is 0.931 bits per heavy atom. The summed E-state index contributed by atoms with van der Waals surface area (Å²) >= 11 is -3.03. The number of methoxy groups -OCH3 is 1. The number of rotatable bonds is 7. The van der Waals surface area contributed by atoms with Crippen molar-refractivity contribution < 1.29 is 20.6 Å². The molecule has 152 valence electrons. The average molecular weight is 527 g/mol. The monoisotopic (exact) mass is 527 g/mol. The number of hydrogen-bond acceptors (Lipinski definition) is 6. The number of nitro benzene ring substituents is 1. The molecule has 3 aromatic carbocycles. The number of benzene rings is 3. The molecule has 0 atom stereocenters. The van der Waals surface area contributed by atoms with Crippen molar-refractivity contribution in [1.82, 2.24) is 0 Å². The van der Waals surface area contributed by atoms with E-state index < -0.39 is 35.3 Å². The molecule has 0 amide bonds. The van der Waals surface area contributed by atoms with Crippen LogP contribution in [0.15, 0.2) is 77.7 Å². The van der Waals surface area contributed by atoms with Crippen LogP contribution in [0, 0.1) is 24.2 Å². The molecular weight excluding hydrogens is 509 g/mol. The van der Waals surface area contributed by atoms with Crippen molar-refractivity contribution in [3.05, 3.63) is 95.6 Å². The Hall–Kier alpha value is -2.50. The van der Waals surface area contributed by atoms with Gasteiger partial charge in [0, 0.05) is 0 Å². The van der Waals surface area contributed by atoms with E-state index in [4.69, 9.17) is 7.25 Å². The molecule has 0 aliphatic heterocycles. The zero-order valence-corrected chi connectivity index (χ0v) is 18.6. The molecule has 7 nitrogen and oxygen atoms in total. The Labute approximate surface area is 176 Å². The maximum atomic E-state index is 12.9. The number of hydrogen-bond donors (Lipinski definition) is 0. The van der Waals surface area contributed by atoms with E-state index in [1.54, 1.807) is 42.5 Å². The molecule has 29 heavy (non-hydrogen) atoms. The van der Waals surface area contributed by atoms with Gasteiger partial charge in [-0.25, -0.2) is 0 Å². The molecule has 0 N–H and O–H groups in total. The minimum absolute atomic E-state index is 0.0457. The first-order valence-corrected chi connectivity index (χ1v) is 12.8. The quantitative estimate of drug-likeness (QED) is 0.250. The van der Waals surface area contributed by atoms with Gasteiger partial charge in [0.1, 0.15) is 0 Å². The van der Waals surface area contributed by atoms with Crippen molar-refractivity contribution in [2.24, 2.45) is 0 Å². The molecule has 0 fully saturated rings. The second kappa shape index (κ2) is 8.89. The fourth-order valence-corrected chi connectivity index (χ4v) is 9.41. The number of halogens is 1. The Balaban J connectivity index is 2.06. The molecule has 0 heterocycles. The fourth-order valence-electron chi connectivity index (χ4n) is 2.40. The fraction of sp³-hybridized carbons (Fsp3) is 0.100. The molecule has 3 rings (SSSR count). The first kappa shape index (κ1) is 21.2. The van der Waals surface area contributed by atoms with Gasteiger partial charge < -0.3 is 0 Å². The van der Waals surface area contributed by atoms with E-state index in [9.17, 15) is 18.5 Å². The normalized spacial score (nSPS) is 11.7. The van der Waals surface area contributed by atoms with Crippen LogP contribution < -0.4 is 4.74 Å². The molecule has 9 heteroatoms. The molecule has 0 saturated heterocycles. The average Bonchev–Trinajstić information content (AvgIpc) is 2.72. The summed E-state index contributed by atoms with van der Waals surface area (Å²) in [5.74, 6) is 0.616. The third-order valence-electron chi connectivity index (χ3n) is 3.92. The second-order valence-electron chi connectivity index (χ2n) is 5.97. The van der Waals surface area contributed by atoms with Gasteiger partial charge in [0.05, 0.1) is 0 Å². The zero-order chi connectivity index (χ0) is 21.0. The summed E-state index contributed by atoms with van der Waals surface area (Å²) in [5.41, 5.74) is 0.808. The van der Waals surface area contributed by atoms with Crippen LogP contribution in [0.4, 0.5) is 5.69 Å². The number of nitrogens with zero attached hydrogens (tertiary/aromatic N) is 1. The standard InChI is InChI=1S/C20H18INO6S/c1-15-6-12-20(13-7-15)29(25,26)28-21(16-8-10-19(27-2)11-9-16)17-4-3-5-18(14-17)22(23)24/h3-14H,1-2H3. The molecule has 3 aromatic rings. The SMILES string of the molecule is COc1ccc(I(OS(=O)(=O)c2ccc(C)cc2)c2cccc([N+](=O)[O-])c2)cc1. The maximum absolute atomic E-state index is 12.9. The van der Waals surface area contributed by atoms with Crippen molar-refractivity contribution in [3.8, 4) is 5.75 Å². The minimum atomic E-state index is -4.05. The zero-order valence-electron chi connectivity index (χ0n) is 15.6. The molecule has 0 unspecified atom stereocenters. The van der Waals surface area contributed by atoms with Crippen LogP contribution in [0.25, 0.3) is 0 Å². The summed E-state index contributed by atoms with van der Waals surface area (Å²) in [7, 11) is -2.52. The molecular formula is C20H18INO6S. The predicted octanol–water partition coefficient (Wildman–Crippen LogP) is 4.78. The first-order chi connectivity index (χ1) is 13.8. The van der Waals surface area contributed by atoms with Gasteiger partial charge in [0.25, 0.3) is 0 Å². The van der Waals surface area contributed by atoms with Gasteiger partial charge in [0.2, 0.25) is 0 Å². The Morgan fingerprint density at radius 3 is 2.17 bits per heavy atom. The van der Waals surface area contributed by atoms with Gasteiger partial charge in [-0.05, 0) is 0 Å². The Kier molecular flexibility index (Phi) is 6.50. The van der Waals surface area contributed by atoms with Crippen molar-refractivity contribution >= 4 is 36.0 Å². The molecule has 0 aromatic heterocycles. The molecule has 0 aliphatic rings. The van der Waals surface area contributed by atoms with E-state index in [0.717, 1.165) is 5.56 Å². The molecule has 0 radical (unpaired) electrons. The Morgan fingerprint density at radius 2 is 1.59 bits per heavy atom. The predicted molar refractivity (Wildman–Crippen MR) is 117 cm³/mol. The summed E-state index contributed by atoms with van der Waals surface area (Å²) in [6.45, 7) is 1.86. The van der Waals surface area contributed by atoms with Crippen LogP contribution in [0.3, 0.4) is 0 Å². The van der Waals surface area contributed by atoms with Crippen LogP contribution in [0.2, 0.25) is 0 Å². The van der Waals surface area contributed by atoms with Gasteiger partial charge in [-0.3, -0.25) is 0 Å². The summed E-state index contributed by atoms with van der Waals surface area (Å²) < 4.78 is 37.8. The number of ether oxygens (including phenoxy) is 1. The van der Waals surface area contributed by atoms with E-state index in [2.05, 4.69) is 0 Å². The van der Waals surface area contributed by atoms with Crippen molar-refractivity contribution in [2.45, 2.75) is 11.8 Å². The second-order valence-corrected chi connectivity index (χ2v) is 12.5. The first-order valence-electron chi connectivity index (χ1n) is 8.40. The van der Waals surface area contributed by atoms with Crippen LogP contribution in [0.1, 0.15) is 5.56 Å². The number of nitro groups is 1. The third-order valence-corrected chi connectivity index (χ3v) is 11.2. The van der Waals surface area contributed by atoms with Crippen LogP contribution in [-0.2, 0) is 12.6 Å². The van der Waals surface area contributed by atoms with Gasteiger partial charge in [0.15, 0.2) is 0 Å². The Bertz CT molecular complexity index is 1110. The van der Waals surface area contributed by atoms with Gasteiger partial charge in [-0.1, -0.05) is 0 Å². The van der Waals surface area contributed by atoms with E-state index in [0.29, 0.717) is 12.9 Å². The number of non-ortho nitro benzene ring substituents is 1. The van der Waals surface area contributed by atoms with Crippen LogP contribution in [0.5, 0.6) is 5.75 Å². The van der Waals surface area contributed by atoms with Gasteiger partial charge in [-0.15, -0.1) is 0 Å². The van der Waals surface area contributed by atoms with E-state index in [1.165, 1.54) is 37.4 Å². The van der Waals surface area contributed by atoms with Crippen LogP contribution in [-0.4, -0.2) is 20.5 Å². The summed E-state index contributed by atoms with van der Waals surface area (Å²) in [6.07, 6.45) is 0.